The SMILES string of the molecule is CC(O)CC(C)CNC(=O)c1c(C(C)C)nn(C)c1Cl. The molecule has 1 rings (SSSR count). The molecule has 6 heteroatoms. The van der Waals surface area contributed by atoms with Crippen molar-refractivity contribution in [2.75, 3.05) is 6.54 Å². The Hall–Kier alpha value is -1.07. The van der Waals surface area contributed by atoms with E-state index < -0.39 is 0 Å². The average Bonchev–Trinajstić information content (AvgIpc) is 2.62. The lowest BCUT2D eigenvalue weighted by atomic mass is 10.0. The third-order valence-electron chi connectivity index (χ3n) is 3.13. The molecule has 0 aliphatic carbocycles. The number of carbonyl (C=O) groups excluding carboxylic acids is 1. The molecule has 2 unspecified atom stereocenters. The van der Waals surface area contributed by atoms with Crippen LogP contribution < -0.4 is 5.32 Å². The van der Waals surface area contributed by atoms with Crippen LogP contribution in [0.2, 0.25) is 5.15 Å². The molecule has 2 N–H and O–H groups in total. The van der Waals surface area contributed by atoms with E-state index in [1.165, 1.54) is 4.68 Å². The van der Waals surface area contributed by atoms with Gasteiger partial charge in [-0.25, -0.2) is 0 Å². The third-order valence-corrected chi connectivity index (χ3v) is 3.57. The summed E-state index contributed by atoms with van der Waals surface area (Å²) in [6.45, 7) is 8.19. The van der Waals surface area contributed by atoms with Crippen molar-refractivity contribution in [1.29, 1.82) is 0 Å². The number of carbonyl (C=O) groups is 1. The molecule has 20 heavy (non-hydrogen) atoms. The smallest absolute Gasteiger partial charge is 0.256 e. The van der Waals surface area contributed by atoms with Gasteiger partial charge in [-0.05, 0) is 25.2 Å². The Bertz CT molecular complexity index is 469. The lowest BCUT2D eigenvalue weighted by Gasteiger charge is -2.14. The molecular formula is C14H24ClN3O2. The van der Waals surface area contributed by atoms with Gasteiger partial charge in [0.1, 0.15) is 5.15 Å². The summed E-state index contributed by atoms with van der Waals surface area (Å²) in [5, 5.41) is 16.8. The molecule has 5 nitrogen and oxygen atoms in total. The maximum absolute atomic E-state index is 12.3. The van der Waals surface area contributed by atoms with Crippen molar-refractivity contribution in [3.8, 4) is 0 Å². The monoisotopic (exact) mass is 301 g/mol. The lowest BCUT2D eigenvalue weighted by Crippen LogP contribution is -2.30. The quantitative estimate of drug-likeness (QED) is 0.847. The van der Waals surface area contributed by atoms with Crippen LogP contribution in [-0.2, 0) is 7.05 Å². The van der Waals surface area contributed by atoms with Crippen molar-refractivity contribution in [3.63, 3.8) is 0 Å². The molecule has 0 fully saturated rings. The lowest BCUT2D eigenvalue weighted by molar-refractivity contribution is 0.0938. The first-order valence-electron chi connectivity index (χ1n) is 6.92. The zero-order chi connectivity index (χ0) is 15.4. The largest absolute Gasteiger partial charge is 0.393 e. The topological polar surface area (TPSA) is 67.2 Å². The van der Waals surface area contributed by atoms with Crippen LogP contribution in [0.3, 0.4) is 0 Å². The van der Waals surface area contributed by atoms with Gasteiger partial charge in [0.2, 0.25) is 0 Å². The van der Waals surface area contributed by atoms with Crippen molar-refractivity contribution in [1.82, 2.24) is 15.1 Å². The summed E-state index contributed by atoms with van der Waals surface area (Å²) in [6, 6.07) is 0. The van der Waals surface area contributed by atoms with E-state index >= 15 is 0 Å². The normalized spacial score (nSPS) is 14.4. The predicted octanol–water partition coefficient (Wildman–Crippen LogP) is 2.33. The molecule has 114 valence electrons. The Morgan fingerprint density at radius 2 is 2.00 bits per heavy atom. The molecule has 0 aliphatic heterocycles. The van der Waals surface area contributed by atoms with Gasteiger partial charge in [-0.1, -0.05) is 32.4 Å². The van der Waals surface area contributed by atoms with Gasteiger partial charge in [0.25, 0.3) is 5.91 Å². The molecule has 0 aromatic carbocycles. The molecule has 0 aliphatic rings. The van der Waals surface area contributed by atoms with Crippen LogP contribution in [0.15, 0.2) is 0 Å². The molecule has 0 radical (unpaired) electrons. The zero-order valence-corrected chi connectivity index (χ0v) is 13.5. The minimum atomic E-state index is -0.366. The van der Waals surface area contributed by atoms with Gasteiger partial charge in [0.05, 0.1) is 17.4 Å². The van der Waals surface area contributed by atoms with E-state index in [9.17, 15) is 9.90 Å². The molecule has 1 amide bonds. The highest BCUT2D eigenvalue weighted by molar-refractivity contribution is 6.33. The average molecular weight is 302 g/mol. The molecule has 1 heterocycles. The maximum atomic E-state index is 12.3. The highest BCUT2D eigenvalue weighted by atomic mass is 35.5. The summed E-state index contributed by atoms with van der Waals surface area (Å²) in [4.78, 5) is 12.3. The zero-order valence-electron chi connectivity index (χ0n) is 12.8. The molecule has 0 spiro atoms. The summed E-state index contributed by atoms with van der Waals surface area (Å²) in [6.07, 6.45) is 0.285. The molecule has 0 saturated heterocycles. The van der Waals surface area contributed by atoms with Crippen LogP contribution in [0.5, 0.6) is 0 Å². The van der Waals surface area contributed by atoms with Gasteiger partial charge in [-0.2, -0.15) is 5.10 Å². The van der Waals surface area contributed by atoms with Crippen molar-refractivity contribution < 1.29 is 9.90 Å². The van der Waals surface area contributed by atoms with Crippen LogP contribution in [0, 0.1) is 5.92 Å². The van der Waals surface area contributed by atoms with E-state index in [-0.39, 0.29) is 23.8 Å². The van der Waals surface area contributed by atoms with Crippen LogP contribution >= 0.6 is 11.6 Å². The second kappa shape index (κ2) is 7.09. The maximum Gasteiger partial charge on any atom is 0.256 e. The first kappa shape index (κ1) is 17.0. The number of rotatable bonds is 6. The van der Waals surface area contributed by atoms with Gasteiger partial charge in [-0.3, -0.25) is 9.48 Å². The summed E-state index contributed by atoms with van der Waals surface area (Å²) >= 11 is 6.15. The number of aromatic nitrogens is 2. The Labute approximate surface area is 125 Å². The second-order valence-corrected chi connectivity index (χ2v) is 6.09. The molecular weight excluding hydrogens is 278 g/mol. The van der Waals surface area contributed by atoms with E-state index in [1.54, 1.807) is 14.0 Å². The summed E-state index contributed by atoms with van der Waals surface area (Å²) in [7, 11) is 1.72. The minimum Gasteiger partial charge on any atom is -0.393 e. The standard InChI is InChI=1S/C14H24ClN3O2/c1-8(2)12-11(13(15)18(5)17-12)14(20)16-7-9(3)6-10(4)19/h8-10,19H,6-7H2,1-5H3,(H,16,20). The molecule has 0 bridgehead atoms. The van der Waals surface area contributed by atoms with Crippen LogP contribution in [0.25, 0.3) is 0 Å². The summed E-state index contributed by atoms with van der Waals surface area (Å²) in [5.41, 5.74) is 1.16. The highest BCUT2D eigenvalue weighted by Crippen LogP contribution is 2.25. The Balaban J connectivity index is 2.78. The van der Waals surface area contributed by atoms with Crippen LogP contribution in [0.1, 0.15) is 56.1 Å². The van der Waals surface area contributed by atoms with Gasteiger partial charge >= 0.3 is 0 Å². The molecule has 0 saturated carbocycles. The third kappa shape index (κ3) is 4.21. The Morgan fingerprint density at radius 3 is 2.50 bits per heavy atom. The first-order chi connectivity index (χ1) is 9.23. The van der Waals surface area contributed by atoms with Gasteiger partial charge in [0, 0.05) is 13.6 Å². The van der Waals surface area contributed by atoms with Gasteiger partial charge < -0.3 is 10.4 Å². The van der Waals surface area contributed by atoms with Gasteiger partial charge in [-0.15, -0.1) is 0 Å². The fourth-order valence-electron chi connectivity index (χ4n) is 2.16. The highest BCUT2D eigenvalue weighted by Gasteiger charge is 2.23. The van der Waals surface area contributed by atoms with Crippen LogP contribution in [-0.4, -0.2) is 33.4 Å². The number of aliphatic hydroxyl groups is 1. The van der Waals surface area contributed by atoms with E-state index in [0.717, 1.165) is 0 Å². The van der Waals surface area contributed by atoms with Crippen molar-refractivity contribution in [2.24, 2.45) is 13.0 Å². The molecule has 2 atom stereocenters. The van der Waals surface area contributed by atoms with E-state index in [4.69, 9.17) is 11.6 Å². The number of nitrogens with one attached hydrogen (secondary N) is 1. The van der Waals surface area contributed by atoms with E-state index in [0.29, 0.717) is 29.4 Å². The number of hydrogen-bond donors (Lipinski definition) is 2. The molecule has 1 aromatic rings. The Morgan fingerprint density at radius 1 is 1.40 bits per heavy atom. The fourth-order valence-corrected chi connectivity index (χ4v) is 2.38. The fraction of sp³-hybridized carbons (Fsp3) is 0.714. The Kier molecular flexibility index (Phi) is 6.02. The second-order valence-electron chi connectivity index (χ2n) is 5.73. The van der Waals surface area contributed by atoms with E-state index in [1.807, 2.05) is 20.8 Å². The number of aryl methyl sites for hydroxylation is 1. The van der Waals surface area contributed by atoms with Crippen molar-refractivity contribution in [2.45, 2.75) is 46.1 Å². The van der Waals surface area contributed by atoms with Crippen LogP contribution in [0.4, 0.5) is 0 Å². The number of amides is 1. The first-order valence-corrected chi connectivity index (χ1v) is 7.30. The predicted molar refractivity (Wildman–Crippen MR) is 80.1 cm³/mol. The number of aliphatic hydroxyl groups excluding tert-OH is 1. The minimum absolute atomic E-state index is 0.129. The summed E-state index contributed by atoms with van der Waals surface area (Å²) in [5.74, 6) is 0.130. The van der Waals surface area contributed by atoms with Gasteiger partial charge in [0.15, 0.2) is 0 Å². The van der Waals surface area contributed by atoms with E-state index in [2.05, 4.69) is 10.4 Å². The van der Waals surface area contributed by atoms with Crippen molar-refractivity contribution in [3.05, 3.63) is 16.4 Å². The molecule has 1 aromatic heterocycles. The summed E-state index contributed by atoms with van der Waals surface area (Å²) < 4.78 is 1.52. The number of nitrogens with zero attached hydrogens (tertiary/aromatic N) is 2. The van der Waals surface area contributed by atoms with Crippen molar-refractivity contribution >= 4 is 17.5 Å². The number of hydrogen-bond acceptors (Lipinski definition) is 3. The number of halogens is 1.